The van der Waals surface area contributed by atoms with Gasteiger partial charge in [-0.1, -0.05) is 44.2 Å². The van der Waals surface area contributed by atoms with Gasteiger partial charge in [0.15, 0.2) is 0 Å². The highest BCUT2D eigenvalue weighted by Crippen LogP contribution is 2.09. The van der Waals surface area contributed by atoms with Crippen LogP contribution in [0.3, 0.4) is 0 Å². The zero-order valence-corrected chi connectivity index (χ0v) is 10.2. The average molecular weight is 222 g/mol. The molecule has 0 amide bonds. The first-order valence-corrected chi connectivity index (χ1v) is 6.47. The second-order valence-corrected chi connectivity index (χ2v) is 5.14. The van der Waals surface area contributed by atoms with Crippen LogP contribution in [-0.2, 0) is 11.2 Å². The Labute approximate surface area is 96.3 Å². The van der Waals surface area contributed by atoms with Gasteiger partial charge in [-0.2, -0.15) is 11.8 Å². The van der Waals surface area contributed by atoms with Crippen molar-refractivity contribution in [1.29, 1.82) is 0 Å². The minimum absolute atomic E-state index is 0.326. The summed E-state index contributed by atoms with van der Waals surface area (Å²) in [6, 6.07) is 9.94. The zero-order chi connectivity index (χ0) is 11.1. The van der Waals surface area contributed by atoms with Crippen molar-refractivity contribution in [3.8, 4) is 0 Å². The first-order chi connectivity index (χ1) is 7.18. The van der Waals surface area contributed by atoms with E-state index in [0.717, 1.165) is 11.3 Å². The quantitative estimate of drug-likeness (QED) is 0.735. The van der Waals surface area contributed by atoms with Crippen LogP contribution in [-0.4, -0.2) is 17.3 Å². The zero-order valence-electron chi connectivity index (χ0n) is 9.40. The molecule has 1 nitrogen and oxygen atoms in total. The van der Waals surface area contributed by atoms with Crippen LogP contribution in [0, 0.1) is 5.92 Å². The molecule has 0 N–H and O–H groups in total. The molecule has 0 spiro atoms. The first-order valence-electron chi connectivity index (χ1n) is 5.32. The number of hydrogen-bond donors (Lipinski definition) is 0. The van der Waals surface area contributed by atoms with Crippen molar-refractivity contribution in [3.05, 3.63) is 35.9 Å². The third kappa shape index (κ3) is 5.63. The molecule has 0 saturated carbocycles. The van der Waals surface area contributed by atoms with Crippen molar-refractivity contribution in [2.24, 2.45) is 5.92 Å². The van der Waals surface area contributed by atoms with E-state index in [2.05, 4.69) is 13.8 Å². The lowest BCUT2D eigenvalue weighted by Crippen LogP contribution is -2.07. The lowest BCUT2D eigenvalue weighted by Gasteiger charge is -2.04. The Bertz CT molecular complexity index is 293. The van der Waals surface area contributed by atoms with Gasteiger partial charge in [0.25, 0.3) is 0 Å². The van der Waals surface area contributed by atoms with Gasteiger partial charge in [-0.05, 0) is 17.2 Å². The highest BCUT2D eigenvalue weighted by Gasteiger charge is 2.04. The summed E-state index contributed by atoms with van der Waals surface area (Å²) in [5.41, 5.74) is 1.12. The number of carbonyl (C=O) groups is 1. The molecule has 2 heteroatoms. The van der Waals surface area contributed by atoms with E-state index < -0.39 is 0 Å². The van der Waals surface area contributed by atoms with Crippen LogP contribution in [0.5, 0.6) is 0 Å². The first kappa shape index (κ1) is 12.3. The molecule has 0 saturated heterocycles. The fourth-order valence-corrected chi connectivity index (χ4v) is 2.20. The minimum atomic E-state index is 0.326. The Kier molecular flexibility index (Phi) is 5.48. The number of hydrogen-bond acceptors (Lipinski definition) is 2. The van der Waals surface area contributed by atoms with E-state index >= 15 is 0 Å². The molecule has 0 radical (unpaired) electrons. The standard InChI is InChI=1S/C13H18OS/c1-11(2)9-15-10-13(14)8-12-6-4-3-5-7-12/h3-7,11H,8-10H2,1-2H3. The molecule has 0 fully saturated rings. The summed E-state index contributed by atoms with van der Waals surface area (Å²) in [4.78, 5) is 11.6. The molecule has 0 aromatic heterocycles. The Morgan fingerprint density at radius 2 is 1.93 bits per heavy atom. The molecular formula is C13H18OS. The largest absolute Gasteiger partial charge is 0.298 e. The minimum Gasteiger partial charge on any atom is -0.298 e. The summed E-state index contributed by atoms with van der Waals surface area (Å²) in [7, 11) is 0. The molecule has 1 rings (SSSR count). The molecular weight excluding hydrogens is 204 g/mol. The summed E-state index contributed by atoms with van der Waals surface area (Å²) >= 11 is 1.74. The van der Waals surface area contributed by atoms with Crippen LogP contribution in [0.15, 0.2) is 30.3 Å². The maximum atomic E-state index is 11.6. The molecule has 0 aliphatic rings. The topological polar surface area (TPSA) is 17.1 Å². The monoisotopic (exact) mass is 222 g/mol. The van der Waals surface area contributed by atoms with Crippen LogP contribution in [0.1, 0.15) is 19.4 Å². The van der Waals surface area contributed by atoms with Gasteiger partial charge in [0.1, 0.15) is 5.78 Å². The summed E-state index contributed by atoms with van der Waals surface area (Å²) < 4.78 is 0. The van der Waals surface area contributed by atoms with Crippen LogP contribution >= 0.6 is 11.8 Å². The predicted octanol–water partition coefficient (Wildman–Crippen LogP) is 3.19. The third-order valence-corrected chi connectivity index (χ3v) is 3.39. The molecule has 0 heterocycles. The van der Waals surface area contributed by atoms with Gasteiger partial charge in [0, 0.05) is 6.42 Å². The Morgan fingerprint density at radius 3 is 2.53 bits per heavy atom. The second-order valence-electron chi connectivity index (χ2n) is 4.11. The lowest BCUT2D eigenvalue weighted by atomic mass is 10.1. The molecule has 1 aromatic carbocycles. The van der Waals surface area contributed by atoms with Crippen LogP contribution in [0.4, 0.5) is 0 Å². The Morgan fingerprint density at radius 1 is 1.27 bits per heavy atom. The third-order valence-electron chi connectivity index (χ3n) is 1.96. The molecule has 0 aliphatic carbocycles. The molecule has 82 valence electrons. The van der Waals surface area contributed by atoms with E-state index in [1.54, 1.807) is 11.8 Å². The van der Waals surface area contributed by atoms with Crippen LogP contribution in [0.25, 0.3) is 0 Å². The number of Topliss-reactive ketones (excluding diaryl/α,β-unsaturated/α-hetero) is 1. The highest BCUT2D eigenvalue weighted by molar-refractivity contribution is 7.99. The van der Waals surface area contributed by atoms with Gasteiger partial charge in [0.05, 0.1) is 5.75 Å². The number of rotatable bonds is 6. The Hall–Kier alpha value is -0.760. The number of thioether (sulfide) groups is 1. The maximum Gasteiger partial charge on any atom is 0.147 e. The summed E-state index contributed by atoms with van der Waals surface area (Å²) in [6.45, 7) is 4.35. The SMILES string of the molecule is CC(C)CSCC(=O)Cc1ccccc1. The van der Waals surface area contributed by atoms with Crippen molar-refractivity contribution in [1.82, 2.24) is 0 Å². The molecule has 0 aliphatic heterocycles. The van der Waals surface area contributed by atoms with Crippen molar-refractivity contribution in [2.45, 2.75) is 20.3 Å². The van der Waals surface area contributed by atoms with Crippen LogP contribution in [0.2, 0.25) is 0 Å². The molecule has 15 heavy (non-hydrogen) atoms. The van der Waals surface area contributed by atoms with E-state index in [-0.39, 0.29) is 0 Å². The fourth-order valence-electron chi connectivity index (χ4n) is 1.28. The van der Waals surface area contributed by atoms with Crippen LogP contribution < -0.4 is 0 Å². The van der Waals surface area contributed by atoms with Gasteiger partial charge in [-0.15, -0.1) is 0 Å². The van der Waals surface area contributed by atoms with E-state index in [1.807, 2.05) is 30.3 Å². The molecule has 0 bridgehead atoms. The number of carbonyl (C=O) groups excluding carboxylic acids is 1. The summed E-state index contributed by atoms with van der Waals surface area (Å²) in [5.74, 6) is 2.71. The molecule has 0 atom stereocenters. The highest BCUT2D eigenvalue weighted by atomic mass is 32.2. The van der Waals surface area contributed by atoms with Gasteiger partial charge < -0.3 is 0 Å². The van der Waals surface area contributed by atoms with E-state index in [1.165, 1.54) is 0 Å². The van der Waals surface area contributed by atoms with Gasteiger partial charge in [-0.3, -0.25) is 4.79 Å². The second kappa shape index (κ2) is 6.67. The molecule has 1 aromatic rings. The lowest BCUT2D eigenvalue weighted by molar-refractivity contribution is -0.116. The number of ketones is 1. The smallest absolute Gasteiger partial charge is 0.147 e. The van der Waals surface area contributed by atoms with Gasteiger partial charge in [0.2, 0.25) is 0 Å². The summed E-state index contributed by atoms with van der Waals surface area (Å²) in [5, 5.41) is 0. The van der Waals surface area contributed by atoms with Gasteiger partial charge >= 0.3 is 0 Å². The van der Waals surface area contributed by atoms with Crippen molar-refractivity contribution in [2.75, 3.05) is 11.5 Å². The summed E-state index contributed by atoms with van der Waals surface area (Å²) in [6.07, 6.45) is 0.575. The van der Waals surface area contributed by atoms with Crippen molar-refractivity contribution in [3.63, 3.8) is 0 Å². The predicted molar refractivity (Wildman–Crippen MR) is 67.3 cm³/mol. The van der Waals surface area contributed by atoms with Gasteiger partial charge in [-0.25, -0.2) is 0 Å². The van der Waals surface area contributed by atoms with Crippen molar-refractivity contribution >= 4 is 17.5 Å². The Balaban J connectivity index is 2.25. The normalized spacial score (nSPS) is 10.6. The molecule has 0 unspecified atom stereocenters. The van der Waals surface area contributed by atoms with E-state index in [0.29, 0.717) is 23.9 Å². The van der Waals surface area contributed by atoms with E-state index in [4.69, 9.17) is 0 Å². The van der Waals surface area contributed by atoms with E-state index in [9.17, 15) is 4.79 Å². The average Bonchev–Trinajstić information content (AvgIpc) is 2.18. The fraction of sp³-hybridized carbons (Fsp3) is 0.462. The van der Waals surface area contributed by atoms with Crippen molar-refractivity contribution < 1.29 is 4.79 Å². The maximum absolute atomic E-state index is 11.6. The number of benzene rings is 1.